The highest BCUT2D eigenvalue weighted by Gasteiger charge is 2.10. The van der Waals surface area contributed by atoms with Crippen molar-refractivity contribution < 1.29 is 19.4 Å². The second-order valence-electron chi connectivity index (χ2n) is 4.32. The number of nitrogens with zero attached hydrogens (tertiary/aromatic N) is 2. The fraction of sp³-hybridized carbons (Fsp3) is 0.214. The Hall–Kier alpha value is -2.83. The normalized spacial score (nSPS) is 10.1. The Labute approximate surface area is 121 Å². The molecular weight excluding hydrogens is 274 g/mol. The van der Waals surface area contributed by atoms with Crippen LogP contribution >= 0.6 is 0 Å². The van der Waals surface area contributed by atoms with Crippen LogP contribution in [0.5, 0.6) is 5.75 Å². The van der Waals surface area contributed by atoms with E-state index in [0.29, 0.717) is 6.54 Å². The molecule has 0 aliphatic rings. The minimum absolute atomic E-state index is 0.185. The molecule has 7 nitrogen and oxygen atoms in total. The minimum Gasteiger partial charge on any atom is -0.497 e. The average Bonchev–Trinajstić information content (AvgIpc) is 2.93. The zero-order valence-electron chi connectivity index (χ0n) is 11.4. The third-order valence-corrected chi connectivity index (χ3v) is 2.78. The fourth-order valence-corrected chi connectivity index (χ4v) is 1.73. The largest absolute Gasteiger partial charge is 0.497 e. The van der Waals surface area contributed by atoms with Gasteiger partial charge in [-0.2, -0.15) is 5.10 Å². The third kappa shape index (κ3) is 4.07. The maximum atomic E-state index is 11.9. The van der Waals surface area contributed by atoms with Crippen LogP contribution < -0.4 is 10.1 Å². The van der Waals surface area contributed by atoms with Crippen molar-refractivity contribution in [3.63, 3.8) is 0 Å². The van der Waals surface area contributed by atoms with Crippen LogP contribution in [-0.4, -0.2) is 33.9 Å². The number of aliphatic carboxylic acids is 1. The second-order valence-corrected chi connectivity index (χ2v) is 4.32. The lowest BCUT2D eigenvalue weighted by molar-refractivity contribution is -0.137. The smallest absolute Gasteiger partial charge is 0.325 e. The van der Waals surface area contributed by atoms with Gasteiger partial charge in [-0.15, -0.1) is 0 Å². The Morgan fingerprint density at radius 2 is 2.00 bits per heavy atom. The van der Waals surface area contributed by atoms with Gasteiger partial charge in [0.05, 0.1) is 7.11 Å². The van der Waals surface area contributed by atoms with Gasteiger partial charge in [0, 0.05) is 12.7 Å². The van der Waals surface area contributed by atoms with Crippen molar-refractivity contribution in [1.82, 2.24) is 15.1 Å². The highest BCUT2D eigenvalue weighted by molar-refractivity contribution is 5.92. The van der Waals surface area contributed by atoms with E-state index >= 15 is 0 Å². The molecule has 0 radical (unpaired) electrons. The van der Waals surface area contributed by atoms with Crippen molar-refractivity contribution in [2.45, 2.75) is 13.1 Å². The van der Waals surface area contributed by atoms with Crippen molar-refractivity contribution in [3.05, 3.63) is 47.8 Å². The summed E-state index contributed by atoms with van der Waals surface area (Å²) >= 11 is 0. The molecule has 1 aromatic heterocycles. The van der Waals surface area contributed by atoms with Crippen molar-refractivity contribution >= 4 is 11.9 Å². The molecule has 0 fully saturated rings. The number of amides is 1. The molecule has 2 N–H and O–H groups in total. The first kappa shape index (κ1) is 14.6. The van der Waals surface area contributed by atoms with Gasteiger partial charge in [-0.05, 0) is 23.8 Å². The van der Waals surface area contributed by atoms with Crippen LogP contribution in [0.15, 0.2) is 36.5 Å². The van der Waals surface area contributed by atoms with Crippen molar-refractivity contribution in [1.29, 1.82) is 0 Å². The standard InChI is InChI=1S/C14H15N3O4/c1-21-11-4-2-10(3-5-11)8-15-14(20)12-6-7-17(16-12)9-13(18)19/h2-7H,8-9H2,1H3,(H,15,20)(H,18,19). The molecule has 21 heavy (non-hydrogen) atoms. The monoisotopic (exact) mass is 289 g/mol. The molecule has 1 aromatic carbocycles. The number of aromatic nitrogens is 2. The van der Waals surface area contributed by atoms with Crippen LogP contribution in [0, 0.1) is 0 Å². The van der Waals surface area contributed by atoms with Crippen LogP contribution in [0.4, 0.5) is 0 Å². The van der Waals surface area contributed by atoms with E-state index < -0.39 is 5.97 Å². The number of carboxylic acid groups (broad SMARTS) is 1. The van der Waals surface area contributed by atoms with E-state index in [4.69, 9.17) is 9.84 Å². The molecule has 1 amide bonds. The lowest BCUT2D eigenvalue weighted by Gasteiger charge is -2.05. The highest BCUT2D eigenvalue weighted by atomic mass is 16.5. The van der Waals surface area contributed by atoms with Gasteiger partial charge in [0.25, 0.3) is 5.91 Å². The Balaban J connectivity index is 1.91. The zero-order chi connectivity index (χ0) is 15.2. The summed E-state index contributed by atoms with van der Waals surface area (Å²) in [6, 6.07) is 8.79. The molecule has 0 saturated heterocycles. The summed E-state index contributed by atoms with van der Waals surface area (Å²) in [6.45, 7) is 0.0837. The first-order valence-electron chi connectivity index (χ1n) is 6.25. The average molecular weight is 289 g/mol. The Morgan fingerprint density at radius 1 is 1.29 bits per heavy atom. The summed E-state index contributed by atoms with van der Waals surface area (Å²) in [7, 11) is 1.59. The molecule has 110 valence electrons. The SMILES string of the molecule is COc1ccc(CNC(=O)c2ccn(CC(=O)O)n2)cc1. The van der Waals surface area contributed by atoms with Gasteiger partial charge in [0.15, 0.2) is 0 Å². The maximum Gasteiger partial charge on any atom is 0.325 e. The van der Waals surface area contributed by atoms with Gasteiger partial charge < -0.3 is 15.2 Å². The summed E-state index contributed by atoms with van der Waals surface area (Å²) in [5.74, 6) is -0.615. The predicted octanol–water partition coefficient (Wildman–Crippen LogP) is 0.906. The molecule has 0 aliphatic carbocycles. The van der Waals surface area contributed by atoms with Gasteiger partial charge >= 0.3 is 5.97 Å². The Morgan fingerprint density at radius 3 is 2.62 bits per heavy atom. The molecule has 0 spiro atoms. The number of hydrogen-bond acceptors (Lipinski definition) is 4. The predicted molar refractivity (Wildman–Crippen MR) is 74.0 cm³/mol. The number of benzene rings is 1. The van der Waals surface area contributed by atoms with E-state index in [9.17, 15) is 9.59 Å². The zero-order valence-corrected chi connectivity index (χ0v) is 11.4. The Kier molecular flexibility index (Phi) is 4.55. The second kappa shape index (κ2) is 6.56. The quantitative estimate of drug-likeness (QED) is 0.824. The van der Waals surface area contributed by atoms with Gasteiger partial charge in [0.2, 0.25) is 0 Å². The number of carboxylic acids is 1. The fourth-order valence-electron chi connectivity index (χ4n) is 1.73. The Bertz CT molecular complexity index is 634. The molecule has 2 rings (SSSR count). The molecule has 2 aromatic rings. The summed E-state index contributed by atoms with van der Waals surface area (Å²) < 4.78 is 6.25. The lowest BCUT2D eigenvalue weighted by Crippen LogP contribution is -2.23. The molecule has 7 heteroatoms. The van der Waals surface area contributed by atoms with Crippen molar-refractivity contribution in [2.75, 3.05) is 7.11 Å². The third-order valence-electron chi connectivity index (χ3n) is 2.78. The van der Waals surface area contributed by atoms with Gasteiger partial charge in [-0.25, -0.2) is 0 Å². The van der Waals surface area contributed by atoms with Gasteiger partial charge in [-0.1, -0.05) is 12.1 Å². The van der Waals surface area contributed by atoms with Crippen LogP contribution in [0.1, 0.15) is 16.1 Å². The molecule has 1 heterocycles. The summed E-state index contributed by atoms with van der Waals surface area (Å²) in [6.07, 6.45) is 1.45. The number of carbonyl (C=O) groups excluding carboxylic acids is 1. The summed E-state index contributed by atoms with van der Waals surface area (Å²) in [5, 5.41) is 15.2. The molecule has 0 saturated carbocycles. The van der Waals surface area contributed by atoms with E-state index in [1.807, 2.05) is 24.3 Å². The molecule has 0 bridgehead atoms. The molecular formula is C14H15N3O4. The van der Waals surface area contributed by atoms with E-state index in [-0.39, 0.29) is 18.1 Å². The number of ether oxygens (including phenoxy) is 1. The van der Waals surface area contributed by atoms with Crippen LogP contribution in [-0.2, 0) is 17.9 Å². The number of nitrogens with one attached hydrogen (secondary N) is 1. The molecule has 0 aliphatic heterocycles. The summed E-state index contributed by atoms with van der Waals surface area (Å²) in [4.78, 5) is 22.4. The maximum absolute atomic E-state index is 11.9. The van der Waals surface area contributed by atoms with E-state index in [0.717, 1.165) is 11.3 Å². The molecule has 0 unspecified atom stereocenters. The van der Waals surface area contributed by atoms with Crippen LogP contribution in [0.25, 0.3) is 0 Å². The number of hydrogen-bond donors (Lipinski definition) is 2. The van der Waals surface area contributed by atoms with Crippen LogP contribution in [0.3, 0.4) is 0 Å². The first-order valence-corrected chi connectivity index (χ1v) is 6.25. The number of carbonyl (C=O) groups is 2. The summed E-state index contributed by atoms with van der Waals surface area (Å²) in [5.41, 5.74) is 1.11. The first-order chi connectivity index (χ1) is 10.1. The minimum atomic E-state index is -1.01. The highest BCUT2D eigenvalue weighted by Crippen LogP contribution is 2.11. The topological polar surface area (TPSA) is 93.5 Å². The molecule has 0 atom stereocenters. The number of rotatable bonds is 6. The van der Waals surface area contributed by atoms with E-state index in [1.54, 1.807) is 7.11 Å². The van der Waals surface area contributed by atoms with Crippen molar-refractivity contribution in [2.24, 2.45) is 0 Å². The lowest BCUT2D eigenvalue weighted by atomic mass is 10.2. The number of methoxy groups -OCH3 is 1. The van der Waals surface area contributed by atoms with E-state index in [1.165, 1.54) is 16.9 Å². The van der Waals surface area contributed by atoms with Crippen molar-refractivity contribution in [3.8, 4) is 5.75 Å². The van der Waals surface area contributed by atoms with Gasteiger partial charge in [0.1, 0.15) is 18.0 Å². The van der Waals surface area contributed by atoms with Gasteiger partial charge in [-0.3, -0.25) is 14.3 Å². The van der Waals surface area contributed by atoms with E-state index in [2.05, 4.69) is 10.4 Å². The van der Waals surface area contributed by atoms with Crippen LogP contribution in [0.2, 0.25) is 0 Å².